The number of likely N-dealkylation sites (tertiary alicyclic amines) is 1. The molecule has 0 bridgehead atoms. The Balaban J connectivity index is 1.94. The lowest BCUT2D eigenvalue weighted by molar-refractivity contribution is -0.132. The van der Waals surface area contributed by atoms with Gasteiger partial charge in [0.15, 0.2) is 0 Å². The van der Waals surface area contributed by atoms with Crippen molar-refractivity contribution in [3.8, 4) is 0 Å². The summed E-state index contributed by atoms with van der Waals surface area (Å²) in [4.78, 5) is 25.1. The highest BCUT2D eigenvalue weighted by Crippen LogP contribution is 2.18. The zero-order valence-corrected chi connectivity index (χ0v) is 10.7. The summed E-state index contributed by atoms with van der Waals surface area (Å²) in [5.41, 5.74) is 0.697. The first-order valence-corrected chi connectivity index (χ1v) is 6.11. The highest BCUT2D eigenvalue weighted by Gasteiger charge is 2.27. The van der Waals surface area contributed by atoms with Crippen LogP contribution in [0.25, 0.3) is 0 Å². The quantitative estimate of drug-likeness (QED) is 0.836. The lowest BCUT2D eigenvalue weighted by atomic mass is 9.97. The fourth-order valence-electron chi connectivity index (χ4n) is 2.21. The van der Waals surface area contributed by atoms with Crippen molar-refractivity contribution in [1.82, 2.24) is 14.7 Å². The topological polar surface area (TPSA) is 67.2 Å². The molecule has 1 N–H and O–H groups in total. The first-order chi connectivity index (χ1) is 8.56. The highest BCUT2D eigenvalue weighted by molar-refractivity contribution is 5.92. The molecule has 1 aliphatic heterocycles. The van der Waals surface area contributed by atoms with Gasteiger partial charge in [-0.15, -0.1) is 0 Å². The molecule has 0 saturated carbocycles. The zero-order valence-electron chi connectivity index (χ0n) is 10.7. The molecule has 98 valence electrons. The van der Waals surface area contributed by atoms with Crippen molar-refractivity contribution >= 4 is 17.5 Å². The van der Waals surface area contributed by atoms with Crippen molar-refractivity contribution in [3.05, 3.63) is 12.4 Å². The first-order valence-electron chi connectivity index (χ1n) is 6.11. The van der Waals surface area contributed by atoms with Gasteiger partial charge < -0.3 is 10.2 Å². The fourth-order valence-corrected chi connectivity index (χ4v) is 2.21. The number of carbonyl (C=O) groups is 2. The average molecular weight is 250 g/mol. The van der Waals surface area contributed by atoms with Crippen molar-refractivity contribution in [2.24, 2.45) is 13.0 Å². The van der Waals surface area contributed by atoms with E-state index in [0.29, 0.717) is 12.2 Å². The standard InChI is InChI=1S/C12H18N4O2/c1-9(17)16-5-3-4-10(7-16)12(18)14-11-6-13-15(2)8-11/h6,8,10H,3-5,7H2,1-2H3,(H,14,18)/t10-/m1/s1. The molecule has 2 amide bonds. The van der Waals surface area contributed by atoms with Gasteiger partial charge in [0, 0.05) is 33.3 Å². The van der Waals surface area contributed by atoms with Gasteiger partial charge in [-0.05, 0) is 12.8 Å². The molecule has 6 heteroatoms. The smallest absolute Gasteiger partial charge is 0.229 e. The van der Waals surface area contributed by atoms with E-state index in [4.69, 9.17) is 0 Å². The lowest BCUT2D eigenvalue weighted by Gasteiger charge is -2.31. The van der Waals surface area contributed by atoms with Crippen molar-refractivity contribution in [1.29, 1.82) is 0 Å². The van der Waals surface area contributed by atoms with Gasteiger partial charge in [0.25, 0.3) is 0 Å². The predicted octanol–water partition coefficient (Wildman–Crippen LogP) is 0.617. The monoisotopic (exact) mass is 250 g/mol. The molecule has 0 spiro atoms. The van der Waals surface area contributed by atoms with Gasteiger partial charge in [0.05, 0.1) is 17.8 Å². The van der Waals surface area contributed by atoms with Crippen molar-refractivity contribution < 1.29 is 9.59 Å². The molecule has 0 aliphatic carbocycles. The summed E-state index contributed by atoms with van der Waals surface area (Å²) >= 11 is 0. The Morgan fingerprint density at radius 3 is 2.89 bits per heavy atom. The number of rotatable bonds is 2. The van der Waals surface area contributed by atoms with Crippen LogP contribution >= 0.6 is 0 Å². The van der Waals surface area contributed by atoms with E-state index in [1.807, 2.05) is 0 Å². The van der Waals surface area contributed by atoms with Crippen LogP contribution in [0.5, 0.6) is 0 Å². The summed E-state index contributed by atoms with van der Waals surface area (Å²) < 4.78 is 1.64. The summed E-state index contributed by atoms with van der Waals surface area (Å²) in [6, 6.07) is 0. The molecule has 1 fully saturated rings. The Morgan fingerprint density at radius 1 is 1.50 bits per heavy atom. The molecule has 2 heterocycles. The normalized spacial score (nSPS) is 19.7. The van der Waals surface area contributed by atoms with Crippen LogP contribution in [0.15, 0.2) is 12.4 Å². The molecular weight excluding hydrogens is 232 g/mol. The molecular formula is C12H18N4O2. The maximum Gasteiger partial charge on any atom is 0.229 e. The summed E-state index contributed by atoms with van der Waals surface area (Å²) in [5.74, 6) is -0.120. The Morgan fingerprint density at radius 2 is 2.28 bits per heavy atom. The van der Waals surface area contributed by atoms with Crippen LogP contribution in [-0.4, -0.2) is 39.6 Å². The Labute approximate surface area is 106 Å². The van der Waals surface area contributed by atoms with Crippen molar-refractivity contribution in [3.63, 3.8) is 0 Å². The predicted molar refractivity (Wildman–Crippen MR) is 66.8 cm³/mol. The van der Waals surface area contributed by atoms with Crippen LogP contribution in [0, 0.1) is 5.92 Å². The van der Waals surface area contributed by atoms with Crippen LogP contribution in [0.1, 0.15) is 19.8 Å². The number of carbonyl (C=O) groups excluding carboxylic acids is 2. The van der Waals surface area contributed by atoms with E-state index in [1.54, 1.807) is 35.9 Å². The van der Waals surface area contributed by atoms with Crippen LogP contribution in [-0.2, 0) is 16.6 Å². The SMILES string of the molecule is CC(=O)N1CCC[C@@H](C(=O)Nc2cnn(C)c2)C1. The minimum Gasteiger partial charge on any atom is -0.342 e. The second kappa shape index (κ2) is 5.20. The molecule has 1 saturated heterocycles. The van der Waals surface area contributed by atoms with Gasteiger partial charge in [0.1, 0.15) is 0 Å². The maximum absolute atomic E-state index is 12.1. The van der Waals surface area contributed by atoms with Crippen LogP contribution < -0.4 is 5.32 Å². The van der Waals surface area contributed by atoms with Gasteiger partial charge >= 0.3 is 0 Å². The third kappa shape index (κ3) is 2.88. The summed E-state index contributed by atoms with van der Waals surface area (Å²) in [5, 5.41) is 6.83. The van der Waals surface area contributed by atoms with E-state index >= 15 is 0 Å². The van der Waals surface area contributed by atoms with Crippen LogP contribution in [0.2, 0.25) is 0 Å². The number of hydrogen-bond acceptors (Lipinski definition) is 3. The highest BCUT2D eigenvalue weighted by atomic mass is 16.2. The number of piperidine rings is 1. The van der Waals surface area contributed by atoms with E-state index in [2.05, 4.69) is 10.4 Å². The third-order valence-electron chi connectivity index (χ3n) is 3.21. The third-order valence-corrected chi connectivity index (χ3v) is 3.21. The zero-order chi connectivity index (χ0) is 13.1. The molecule has 2 rings (SSSR count). The Kier molecular flexibility index (Phi) is 3.64. The second-order valence-corrected chi connectivity index (χ2v) is 4.70. The fraction of sp³-hybridized carbons (Fsp3) is 0.583. The van der Waals surface area contributed by atoms with E-state index in [-0.39, 0.29) is 17.7 Å². The van der Waals surface area contributed by atoms with Crippen molar-refractivity contribution in [2.75, 3.05) is 18.4 Å². The number of amides is 2. The Hall–Kier alpha value is -1.85. The second-order valence-electron chi connectivity index (χ2n) is 4.70. The molecule has 0 unspecified atom stereocenters. The summed E-state index contributed by atoms with van der Waals surface area (Å²) in [6.45, 7) is 2.81. The van der Waals surface area contributed by atoms with E-state index in [9.17, 15) is 9.59 Å². The number of aryl methyl sites for hydroxylation is 1. The molecule has 6 nitrogen and oxygen atoms in total. The number of anilines is 1. The molecule has 0 aromatic carbocycles. The average Bonchev–Trinajstić information content (AvgIpc) is 2.75. The maximum atomic E-state index is 12.1. The summed E-state index contributed by atoms with van der Waals surface area (Å²) in [6.07, 6.45) is 5.08. The van der Waals surface area contributed by atoms with E-state index in [1.165, 1.54) is 0 Å². The minimum absolute atomic E-state index is 0.0334. The van der Waals surface area contributed by atoms with E-state index in [0.717, 1.165) is 19.4 Å². The molecule has 1 aliphatic rings. The van der Waals surface area contributed by atoms with Crippen LogP contribution in [0.4, 0.5) is 5.69 Å². The number of nitrogens with one attached hydrogen (secondary N) is 1. The molecule has 1 aromatic heterocycles. The largest absolute Gasteiger partial charge is 0.342 e. The minimum atomic E-state index is -0.122. The van der Waals surface area contributed by atoms with Crippen molar-refractivity contribution in [2.45, 2.75) is 19.8 Å². The molecule has 1 aromatic rings. The van der Waals surface area contributed by atoms with Gasteiger partial charge in [-0.3, -0.25) is 14.3 Å². The lowest BCUT2D eigenvalue weighted by Crippen LogP contribution is -2.42. The number of aromatic nitrogens is 2. The van der Waals surface area contributed by atoms with Gasteiger partial charge in [0.2, 0.25) is 11.8 Å². The van der Waals surface area contributed by atoms with Gasteiger partial charge in [-0.1, -0.05) is 0 Å². The van der Waals surface area contributed by atoms with Gasteiger partial charge in [-0.2, -0.15) is 5.10 Å². The summed E-state index contributed by atoms with van der Waals surface area (Å²) in [7, 11) is 1.80. The Bertz CT molecular complexity index is 455. The number of nitrogens with zero attached hydrogens (tertiary/aromatic N) is 3. The molecule has 1 atom stereocenters. The number of hydrogen-bond donors (Lipinski definition) is 1. The first kappa shape index (κ1) is 12.6. The molecule has 18 heavy (non-hydrogen) atoms. The van der Waals surface area contributed by atoms with Crippen LogP contribution in [0.3, 0.4) is 0 Å². The van der Waals surface area contributed by atoms with E-state index < -0.39 is 0 Å². The van der Waals surface area contributed by atoms with Gasteiger partial charge in [-0.25, -0.2) is 0 Å². The molecule has 0 radical (unpaired) electrons.